The van der Waals surface area contributed by atoms with Gasteiger partial charge in [-0.2, -0.15) is 0 Å². The Morgan fingerprint density at radius 1 is 1.22 bits per heavy atom. The third-order valence-electron chi connectivity index (χ3n) is 5.14. The zero-order valence-corrected chi connectivity index (χ0v) is 13.6. The Kier molecular flexibility index (Phi) is 2.63. The lowest BCUT2D eigenvalue weighted by Gasteiger charge is -2.22. The van der Waals surface area contributed by atoms with Crippen molar-refractivity contribution < 1.29 is 14.3 Å². The normalized spacial score (nSPS) is 19.0. The predicted octanol–water partition coefficient (Wildman–Crippen LogP) is 4.02. The van der Waals surface area contributed by atoms with E-state index in [1.54, 1.807) is 25.1 Å². The van der Waals surface area contributed by atoms with E-state index in [0.29, 0.717) is 27.9 Å². The van der Waals surface area contributed by atoms with Crippen molar-refractivity contribution in [3.05, 3.63) is 45.6 Å². The van der Waals surface area contributed by atoms with Gasteiger partial charge in [0, 0.05) is 16.5 Å². The summed E-state index contributed by atoms with van der Waals surface area (Å²) in [5, 5.41) is 11.3. The molecule has 4 rings (SSSR count). The lowest BCUT2D eigenvalue weighted by atomic mass is 9.80. The third kappa shape index (κ3) is 1.63. The fraction of sp³-hybridized carbons (Fsp3) is 0.316. The molecule has 1 N–H and O–H groups in total. The van der Waals surface area contributed by atoms with Gasteiger partial charge in [0.1, 0.15) is 34.2 Å². The molecule has 0 aliphatic carbocycles. The highest BCUT2D eigenvalue weighted by molar-refractivity contribution is 5.97. The molecule has 0 spiro atoms. The zero-order chi connectivity index (χ0) is 16.5. The molecule has 0 amide bonds. The standard InChI is InChI=1S/C19H18O4/c1-9-15(20)13-16(21)11-7-5-6-8-12(11)23-18(13)14-17(9)22-10(2)19(14,3)4/h5-8,10,20H,1-4H3. The van der Waals surface area contributed by atoms with E-state index in [0.717, 1.165) is 5.56 Å². The van der Waals surface area contributed by atoms with Gasteiger partial charge in [0.05, 0.1) is 5.39 Å². The second-order valence-corrected chi connectivity index (χ2v) is 6.79. The number of aromatic hydroxyl groups is 1. The monoisotopic (exact) mass is 310 g/mol. The van der Waals surface area contributed by atoms with Crippen molar-refractivity contribution in [2.75, 3.05) is 0 Å². The van der Waals surface area contributed by atoms with Gasteiger partial charge in [-0.25, -0.2) is 0 Å². The topological polar surface area (TPSA) is 59.7 Å². The first-order valence-electron chi connectivity index (χ1n) is 7.72. The van der Waals surface area contributed by atoms with E-state index in [2.05, 4.69) is 13.8 Å². The average Bonchev–Trinajstić information content (AvgIpc) is 2.75. The maximum absolute atomic E-state index is 12.9. The summed E-state index contributed by atoms with van der Waals surface area (Å²) in [4.78, 5) is 12.9. The minimum Gasteiger partial charge on any atom is -0.507 e. The van der Waals surface area contributed by atoms with Crippen LogP contribution < -0.4 is 10.2 Å². The minimum absolute atomic E-state index is 0.0526. The van der Waals surface area contributed by atoms with Crippen LogP contribution in [0.15, 0.2) is 33.5 Å². The SMILES string of the molecule is Cc1c2c(c3oc4ccccc4c(=O)c3c1O)C(C)(C)C(C)O2. The van der Waals surface area contributed by atoms with Gasteiger partial charge < -0.3 is 14.3 Å². The largest absolute Gasteiger partial charge is 0.507 e. The minimum atomic E-state index is -0.315. The molecule has 1 unspecified atom stereocenters. The highest BCUT2D eigenvalue weighted by Crippen LogP contribution is 2.51. The number of hydrogen-bond acceptors (Lipinski definition) is 4. The van der Waals surface area contributed by atoms with Crippen molar-refractivity contribution in [1.82, 2.24) is 0 Å². The van der Waals surface area contributed by atoms with Crippen LogP contribution >= 0.6 is 0 Å². The van der Waals surface area contributed by atoms with Crippen LogP contribution in [-0.4, -0.2) is 11.2 Å². The van der Waals surface area contributed by atoms with E-state index in [-0.39, 0.29) is 28.1 Å². The van der Waals surface area contributed by atoms with Gasteiger partial charge in [-0.3, -0.25) is 4.79 Å². The Bertz CT molecular complexity index is 1030. The summed E-state index contributed by atoms with van der Waals surface area (Å²) >= 11 is 0. The smallest absolute Gasteiger partial charge is 0.204 e. The summed E-state index contributed by atoms with van der Waals surface area (Å²) in [6.45, 7) is 7.89. The van der Waals surface area contributed by atoms with Gasteiger partial charge in [-0.15, -0.1) is 0 Å². The summed E-state index contributed by atoms with van der Waals surface area (Å²) in [7, 11) is 0. The van der Waals surface area contributed by atoms with Crippen LogP contribution in [0, 0.1) is 6.92 Å². The van der Waals surface area contributed by atoms with Crippen molar-refractivity contribution >= 4 is 21.9 Å². The molecule has 1 aliphatic heterocycles. The zero-order valence-electron chi connectivity index (χ0n) is 13.6. The highest BCUT2D eigenvalue weighted by Gasteiger charge is 2.43. The van der Waals surface area contributed by atoms with E-state index < -0.39 is 0 Å². The average molecular weight is 310 g/mol. The van der Waals surface area contributed by atoms with Crippen molar-refractivity contribution in [2.45, 2.75) is 39.2 Å². The lowest BCUT2D eigenvalue weighted by Crippen LogP contribution is -2.29. The summed E-state index contributed by atoms with van der Waals surface area (Å²) in [6.07, 6.45) is -0.0713. The van der Waals surface area contributed by atoms with Gasteiger partial charge in [-0.1, -0.05) is 26.0 Å². The predicted molar refractivity (Wildman–Crippen MR) is 89.5 cm³/mol. The number of phenolic OH excluding ortho intramolecular Hbond substituents is 1. The Balaban J connectivity index is 2.31. The molecular formula is C19H18O4. The molecule has 1 atom stereocenters. The molecule has 1 aromatic heterocycles. The Morgan fingerprint density at radius 2 is 1.91 bits per heavy atom. The summed E-state index contributed by atoms with van der Waals surface area (Å²) in [5.74, 6) is 0.578. The Hall–Kier alpha value is -2.49. The van der Waals surface area contributed by atoms with E-state index in [9.17, 15) is 9.90 Å². The molecule has 4 heteroatoms. The molecule has 1 aliphatic rings. The number of phenols is 1. The van der Waals surface area contributed by atoms with Crippen LogP contribution in [0.3, 0.4) is 0 Å². The molecule has 0 radical (unpaired) electrons. The van der Waals surface area contributed by atoms with Gasteiger partial charge in [0.2, 0.25) is 5.43 Å². The van der Waals surface area contributed by atoms with E-state index in [4.69, 9.17) is 9.15 Å². The first-order valence-corrected chi connectivity index (χ1v) is 7.72. The van der Waals surface area contributed by atoms with Crippen molar-refractivity contribution in [3.8, 4) is 11.5 Å². The number of benzene rings is 2. The number of ether oxygens (including phenoxy) is 1. The number of para-hydroxylation sites is 1. The van der Waals surface area contributed by atoms with Gasteiger partial charge in [-0.05, 0) is 26.0 Å². The molecule has 0 saturated carbocycles. The molecule has 23 heavy (non-hydrogen) atoms. The van der Waals surface area contributed by atoms with Crippen molar-refractivity contribution in [2.24, 2.45) is 0 Å². The van der Waals surface area contributed by atoms with Crippen molar-refractivity contribution in [3.63, 3.8) is 0 Å². The summed E-state index contributed by atoms with van der Waals surface area (Å²) in [5.41, 5.74) is 1.88. The van der Waals surface area contributed by atoms with E-state index >= 15 is 0 Å². The number of hydrogen-bond donors (Lipinski definition) is 1. The quantitative estimate of drug-likeness (QED) is 0.637. The van der Waals surface area contributed by atoms with Gasteiger partial charge in [0.25, 0.3) is 0 Å². The third-order valence-corrected chi connectivity index (χ3v) is 5.14. The fourth-order valence-electron chi connectivity index (χ4n) is 3.38. The number of fused-ring (bicyclic) bond motifs is 4. The molecular weight excluding hydrogens is 292 g/mol. The number of rotatable bonds is 0. The van der Waals surface area contributed by atoms with Crippen molar-refractivity contribution in [1.29, 1.82) is 0 Å². The Labute approximate surface area is 133 Å². The van der Waals surface area contributed by atoms with Gasteiger partial charge >= 0.3 is 0 Å². The molecule has 3 aromatic rings. The Morgan fingerprint density at radius 3 is 2.65 bits per heavy atom. The molecule has 2 aromatic carbocycles. The van der Waals surface area contributed by atoms with E-state index in [1.165, 1.54) is 0 Å². The maximum Gasteiger partial charge on any atom is 0.204 e. The van der Waals surface area contributed by atoms with Crippen LogP contribution in [-0.2, 0) is 5.41 Å². The molecule has 0 bridgehead atoms. The molecule has 2 heterocycles. The van der Waals surface area contributed by atoms with Crippen LogP contribution in [0.2, 0.25) is 0 Å². The molecule has 0 fully saturated rings. The maximum atomic E-state index is 12.9. The molecule has 4 nitrogen and oxygen atoms in total. The first-order chi connectivity index (χ1) is 10.8. The fourth-order valence-corrected chi connectivity index (χ4v) is 3.38. The summed E-state index contributed by atoms with van der Waals surface area (Å²) < 4.78 is 12.0. The lowest BCUT2D eigenvalue weighted by molar-refractivity contribution is 0.184. The van der Waals surface area contributed by atoms with E-state index in [1.807, 2.05) is 13.0 Å². The second kappa shape index (κ2) is 4.28. The molecule has 118 valence electrons. The van der Waals surface area contributed by atoms with Crippen LogP contribution in [0.4, 0.5) is 0 Å². The summed E-state index contributed by atoms with van der Waals surface area (Å²) in [6, 6.07) is 7.10. The van der Waals surface area contributed by atoms with Gasteiger partial charge in [0.15, 0.2) is 0 Å². The van der Waals surface area contributed by atoms with Crippen LogP contribution in [0.1, 0.15) is 31.9 Å². The van der Waals surface area contributed by atoms with Crippen LogP contribution in [0.25, 0.3) is 21.9 Å². The molecule has 0 saturated heterocycles. The van der Waals surface area contributed by atoms with Crippen LogP contribution in [0.5, 0.6) is 11.5 Å². The highest BCUT2D eigenvalue weighted by atomic mass is 16.5. The first kappa shape index (κ1) is 14.1. The second-order valence-electron chi connectivity index (χ2n) is 6.79.